The highest BCUT2D eigenvalue weighted by atomic mass is 16.5. The number of nitrogens with zero attached hydrogens (tertiary/aromatic N) is 9. The molecule has 522 valence electrons. The molecule has 0 radical (unpaired) electrons. The number of hydrogen-bond donors (Lipinski definition) is 0. The molecule has 0 bridgehead atoms. The average Bonchev–Trinajstić information content (AvgIpc) is 1.63. The van der Waals surface area contributed by atoms with E-state index in [4.69, 9.17) is 24.7 Å². The molecule has 8 heterocycles. The molecule has 0 saturated heterocycles. The third kappa shape index (κ3) is 14.0. The van der Waals surface area contributed by atoms with Gasteiger partial charge in [0.1, 0.15) is 0 Å². The Bertz CT molecular complexity index is 6070. The van der Waals surface area contributed by atoms with Crippen molar-refractivity contribution < 1.29 is 55.3 Å². The van der Waals surface area contributed by atoms with Gasteiger partial charge in [0.2, 0.25) is 33.8 Å². The molecule has 0 fully saturated rings. The molecule has 0 atom stereocenters. The highest BCUT2D eigenvalue weighted by Gasteiger charge is 2.32. The zero-order chi connectivity index (χ0) is 74.3. The summed E-state index contributed by atoms with van der Waals surface area (Å²) in [5.41, 5.74) is 31.3. The summed E-state index contributed by atoms with van der Waals surface area (Å²) in [5, 5.41) is 7.43. The van der Waals surface area contributed by atoms with Crippen LogP contribution in [0.1, 0.15) is 88.1 Å². The molecule has 0 saturated carbocycles. The number of rotatable bonds is 8. The van der Waals surface area contributed by atoms with E-state index in [0.717, 1.165) is 50.8 Å². The molecule has 0 unspecified atom stereocenters. The lowest BCUT2D eigenvalue weighted by Crippen LogP contribution is -2.37. The summed E-state index contributed by atoms with van der Waals surface area (Å²) in [6.45, 7) is 38.1. The van der Waals surface area contributed by atoms with Gasteiger partial charge in [-0.3, -0.25) is 0 Å². The van der Waals surface area contributed by atoms with Crippen LogP contribution in [0.2, 0.25) is 0 Å². The Labute approximate surface area is 615 Å². The molecule has 0 N–H and O–H groups in total. The van der Waals surface area contributed by atoms with Gasteiger partial charge in [-0.15, -0.1) is 0 Å². The molecule has 0 aliphatic carbocycles. The van der Waals surface area contributed by atoms with E-state index in [9.17, 15) is 0 Å². The largest absolute Gasteiger partial charge is 0.262 e. The SMILES string of the molecule is Cc1c(-c2cco[n+]2C)cc(C(C)(C)C)cc1-[n+]1c(C)ccc2ccccc21.Cc1cc(-c2cco[n+]2C)c(C)c(-[n+]2cc3ccccc3cc2C)c1.Cc1cc(C)c(-[n+]2cc3ccccc3cc2C)c(C)c1-c1cco[n+]1C.[C-]#[N+]c1cc(-c2cco[n+]2C)c(C)c(-[n+]2c(C)ccc3ccccc32)c1. The number of aryl methyl sites for hydroxylation is 11. The first-order valence-corrected chi connectivity index (χ1v) is 35.7. The maximum absolute atomic E-state index is 7.55. The van der Waals surface area contributed by atoms with Gasteiger partial charge in [0.25, 0.3) is 22.8 Å². The topological polar surface area (TPSA) is 88.0 Å². The molecule has 16 aromatic rings. The van der Waals surface area contributed by atoms with E-state index in [2.05, 4.69) is 284 Å². The van der Waals surface area contributed by atoms with Crippen molar-refractivity contribution in [3.8, 4) is 67.8 Å². The van der Waals surface area contributed by atoms with Crippen molar-refractivity contribution in [1.82, 2.24) is 0 Å². The molecular formula is C92H93N9O4+8. The number of hydrogen-bond acceptors (Lipinski definition) is 4. The molecule has 8 aromatic carbocycles. The van der Waals surface area contributed by atoms with Crippen molar-refractivity contribution in [3.63, 3.8) is 0 Å². The summed E-state index contributed by atoms with van der Waals surface area (Å²) < 4.78 is 38.3. The maximum Gasteiger partial charge on any atom is 0.262 e. The summed E-state index contributed by atoms with van der Waals surface area (Å²) in [6, 6.07) is 70.3. The first-order chi connectivity index (χ1) is 50.4. The Morgan fingerprint density at radius 2 is 0.752 bits per heavy atom. The lowest BCUT2D eigenvalue weighted by atomic mass is 9.84. The molecule has 8 aromatic heterocycles. The summed E-state index contributed by atoms with van der Waals surface area (Å²) in [6.07, 6.45) is 11.3. The van der Waals surface area contributed by atoms with Gasteiger partial charge in [-0.25, -0.2) is 22.9 Å². The molecule has 13 nitrogen and oxygen atoms in total. The van der Waals surface area contributed by atoms with Gasteiger partial charge in [0.15, 0.2) is 94.1 Å². The monoisotopic (exact) mass is 1390 g/mol. The summed E-state index contributed by atoms with van der Waals surface area (Å²) in [5.74, 6) is 0. The Hall–Kier alpha value is -12.3. The molecule has 16 rings (SSSR count). The molecule has 105 heavy (non-hydrogen) atoms. The molecule has 13 heteroatoms. The van der Waals surface area contributed by atoms with Gasteiger partial charge in [-0.1, -0.05) is 81.4 Å². The second-order valence-electron chi connectivity index (χ2n) is 28.7. The van der Waals surface area contributed by atoms with E-state index in [1.54, 1.807) is 29.8 Å². The van der Waals surface area contributed by atoms with Crippen LogP contribution in [-0.2, 0) is 33.6 Å². The highest BCUT2D eigenvalue weighted by molar-refractivity contribution is 5.83. The van der Waals surface area contributed by atoms with Crippen molar-refractivity contribution >= 4 is 49.0 Å². The van der Waals surface area contributed by atoms with Crippen molar-refractivity contribution in [3.05, 3.63) is 316 Å². The first kappa shape index (κ1) is 71.1. The first-order valence-electron chi connectivity index (χ1n) is 35.7. The lowest BCUT2D eigenvalue weighted by molar-refractivity contribution is -0.836. The van der Waals surface area contributed by atoms with Crippen molar-refractivity contribution in [1.29, 1.82) is 0 Å². The standard InChI is InChI=1S/C25H28N2O.C23H24N2O.C22H19N3O.C22H22N2O/c1-17-11-12-19-9-7-8-10-22(19)27(17)24-16-20(25(3,4)5)15-21(18(24)2)23-13-14-28-26(23)6;1-15-12-16(2)23(18(4)22(15)21-10-11-26-24(21)5)25-14-20-9-7-6-8-19(20)13-17(25)3;1-15-9-10-17-7-5-6-8-20(17)25(15)22-14-18(23-3)13-19(16(22)2)21-11-12-26-24(21)4;1-15-11-20(21-9-10-25-23(21)4)17(3)22(12-15)24-14-19-8-6-5-7-18(19)13-16(24)2/h7-16H,1-6H3;6-14H,1-5H3;5-14H,1-2,4H3;5-14H,1-4H3/q4*+2. The van der Waals surface area contributed by atoms with Gasteiger partial charge in [-0.05, 0) is 161 Å². The number of fused-ring (bicyclic) bond motifs is 4. The van der Waals surface area contributed by atoms with Crippen LogP contribution in [0.4, 0.5) is 5.69 Å². The van der Waals surface area contributed by atoms with Gasteiger partial charge in [-0.2, -0.15) is 18.3 Å². The zero-order valence-electron chi connectivity index (χ0n) is 63.7. The fourth-order valence-corrected chi connectivity index (χ4v) is 14.9. The van der Waals surface area contributed by atoms with E-state index in [1.165, 1.54) is 128 Å². The molecular weight excluding hydrogens is 1300 g/mol. The fourth-order valence-electron chi connectivity index (χ4n) is 14.9. The Balaban J connectivity index is 0.000000124. The lowest BCUT2D eigenvalue weighted by Gasteiger charge is -2.21. The predicted molar refractivity (Wildman–Crippen MR) is 415 cm³/mol. The van der Waals surface area contributed by atoms with Crippen molar-refractivity contribution in [2.75, 3.05) is 0 Å². The third-order valence-corrected chi connectivity index (χ3v) is 20.5. The summed E-state index contributed by atoms with van der Waals surface area (Å²) in [7, 11) is 7.71. The minimum atomic E-state index is 0.0402. The predicted octanol–water partition coefficient (Wildman–Crippen LogP) is 18.0. The molecule has 0 aliphatic heterocycles. The van der Waals surface area contributed by atoms with Gasteiger partial charge in [0, 0.05) is 137 Å². The summed E-state index contributed by atoms with van der Waals surface area (Å²) >= 11 is 0. The van der Waals surface area contributed by atoms with Gasteiger partial charge < -0.3 is 0 Å². The van der Waals surface area contributed by atoms with Crippen molar-refractivity contribution in [2.24, 2.45) is 28.2 Å². The van der Waals surface area contributed by atoms with Crippen LogP contribution in [0.15, 0.2) is 256 Å². The molecule has 0 spiro atoms. The Morgan fingerprint density at radius 1 is 0.343 bits per heavy atom. The number of aromatic nitrogens is 8. The Kier molecular flexibility index (Phi) is 19.8. The highest BCUT2D eigenvalue weighted by Crippen LogP contribution is 2.36. The number of para-hydroxylation sites is 2. The minimum Gasteiger partial charge on any atom is -0.244 e. The quantitative estimate of drug-likeness (QED) is 0.112. The smallest absolute Gasteiger partial charge is 0.244 e. The van der Waals surface area contributed by atoms with E-state index in [0.29, 0.717) is 5.69 Å². The van der Waals surface area contributed by atoms with Crippen LogP contribution in [0.25, 0.3) is 116 Å². The second-order valence-corrected chi connectivity index (χ2v) is 28.7. The molecule has 0 amide bonds. The van der Waals surface area contributed by atoms with Gasteiger partial charge in [0.05, 0.1) is 47.5 Å². The van der Waals surface area contributed by atoms with Crippen LogP contribution >= 0.6 is 0 Å². The normalized spacial score (nSPS) is 11.3. The van der Waals surface area contributed by atoms with Crippen LogP contribution in [0.3, 0.4) is 0 Å². The number of benzene rings is 8. The average molecular weight is 1390 g/mol. The third-order valence-electron chi connectivity index (χ3n) is 20.5. The van der Waals surface area contributed by atoms with E-state index >= 15 is 0 Å². The Morgan fingerprint density at radius 3 is 1.22 bits per heavy atom. The van der Waals surface area contributed by atoms with Crippen LogP contribution in [0.5, 0.6) is 0 Å². The van der Waals surface area contributed by atoms with Crippen LogP contribution in [0, 0.1) is 82.7 Å². The maximum atomic E-state index is 7.55. The van der Waals surface area contributed by atoms with E-state index in [-0.39, 0.29) is 5.41 Å². The second kappa shape index (κ2) is 29.2. The minimum absolute atomic E-state index is 0.0402. The molecule has 0 aliphatic rings. The van der Waals surface area contributed by atoms with Crippen LogP contribution < -0.4 is 37.2 Å². The van der Waals surface area contributed by atoms with E-state index in [1.807, 2.05) is 90.9 Å². The number of pyridine rings is 4. The van der Waals surface area contributed by atoms with Crippen LogP contribution in [-0.4, -0.2) is 0 Å². The fraction of sp³-hybridized carbons (Fsp3) is 0.207. The summed E-state index contributed by atoms with van der Waals surface area (Å²) in [4.78, 5) is 3.70. The van der Waals surface area contributed by atoms with Gasteiger partial charge >= 0.3 is 0 Å². The van der Waals surface area contributed by atoms with E-state index < -0.39 is 0 Å². The zero-order valence-corrected chi connectivity index (χ0v) is 63.7. The van der Waals surface area contributed by atoms with Crippen molar-refractivity contribution in [2.45, 2.75) is 102 Å².